The van der Waals surface area contributed by atoms with E-state index in [1.807, 2.05) is 30.3 Å². The highest BCUT2D eigenvalue weighted by molar-refractivity contribution is 5.94. The molecule has 2 amide bonds. The van der Waals surface area contributed by atoms with Crippen molar-refractivity contribution >= 4 is 11.8 Å². The monoisotopic (exact) mass is 402 g/mol. The average Bonchev–Trinajstić information content (AvgIpc) is 2.72. The van der Waals surface area contributed by atoms with E-state index in [4.69, 9.17) is 4.74 Å². The van der Waals surface area contributed by atoms with Gasteiger partial charge in [0, 0.05) is 31.6 Å². The van der Waals surface area contributed by atoms with Gasteiger partial charge in [-0.3, -0.25) is 9.59 Å². The molecule has 1 fully saturated rings. The maximum Gasteiger partial charge on any atom is 0.256 e. The molecule has 0 aliphatic carbocycles. The summed E-state index contributed by atoms with van der Waals surface area (Å²) in [5.74, 6) is -1.29. The molecule has 29 heavy (non-hydrogen) atoms. The molecule has 0 aromatic heterocycles. The second kappa shape index (κ2) is 10.0. The van der Waals surface area contributed by atoms with Gasteiger partial charge in [-0.25, -0.2) is 8.78 Å². The van der Waals surface area contributed by atoms with E-state index in [9.17, 15) is 18.4 Å². The van der Waals surface area contributed by atoms with Crippen molar-refractivity contribution in [2.45, 2.75) is 31.7 Å². The average molecular weight is 402 g/mol. The Labute approximate surface area is 168 Å². The van der Waals surface area contributed by atoms with Gasteiger partial charge in [-0.2, -0.15) is 0 Å². The minimum Gasteiger partial charge on any atom is -0.494 e. The highest BCUT2D eigenvalue weighted by atomic mass is 19.1. The Morgan fingerprint density at radius 1 is 1.07 bits per heavy atom. The molecule has 1 aliphatic heterocycles. The number of carbonyl (C=O) groups excluding carboxylic acids is 2. The van der Waals surface area contributed by atoms with E-state index < -0.39 is 17.5 Å². The van der Waals surface area contributed by atoms with E-state index in [-0.39, 0.29) is 17.5 Å². The molecule has 1 aliphatic rings. The summed E-state index contributed by atoms with van der Waals surface area (Å²) < 4.78 is 32.4. The molecule has 5 nitrogen and oxygen atoms in total. The van der Waals surface area contributed by atoms with Crippen LogP contribution in [0.4, 0.5) is 8.78 Å². The molecule has 0 atom stereocenters. The summed E-state index contributed by atoms with van der Waals surface area (Å²) >= 11 is 0. The minimum absolute atomic E-state index is 0.0142. The van der Waals surface area contributed by atoms with Crippen molar-refractivity contribution < 1.29 is 23.1 Å². The minimum atomic E-state index is -0.858. The first-order valence-electron chi connectivity index (χ1n) is 9.74. The summed E-state index contributed by atoms with van der Waals surface area (Å²) in [4.78, 5) is 26.1. The number of carbonyl (C=O) groups is 2. The van der Waals surface area contributed by atoms with Crippen LogP contribution in [0.15, 0.2) is 48.5 Å². The van der Waals surface area contributed by atoms with Crippen molar-refractivity contribution in [1.82, 2.24) is 10.2 Å². The molecular formula is C22H24F2N2O3. The van der Waals surface area contributed by atoms with Crippen LogP contribution in [0.25, 0.3) is 0 Å². The third kappa shape index (κ3) is 6.01. The van der Waals surface area contributed by atoms with Crippen molar-refractivity contribution in [3.8, 4) is 5.75 Å². The van der Waals surface area contributed by atoms with Crippen LogP contribution in [0.2, 0.25) is 0 Å². The van der Waals surface area contributed by atoms with Gasteiger partial charge in [0.2, 0.25) is 5.91 Å². The van der Waals surface area contributed by atoms with Crippen molar-refractivity contribution in [2.24, 2.45) is 0 Å². The number of para-hydroxylation sites is 1. The van der Waals surface area contributed by atoms with Crippen LogP contribution >= 0.6 is 0 Å². The fourth-order valence-corrected chi connectivity index (χ4v) is 3.30. The number of likely N-dealkylation sites (tertiary alicyclic amines) is 1. The number of benzene rings is 2. The van der Waals surface area contributed by atoms with Gasteiger partial charge in [0.1, 0.15) is 17.4 Å². The maximum atomic E-state index is 13.8. The smallest absolute Gasteiger partial charge is 0.256 e. The first kappa shape index (κ1) is 20.8. The molecule has 2 aromatic rings. The summed E-state index contributed by atoms with van der Waals surface area (Å²) in [6.07, 6.45) is 2.18. The molecule has 7 heteroatoms. The molecule has 1 heterocycles. The Balaban J connectivity index is 1.37. The summed E-state index contributed by atoms with van der Waals surface area (Å²) in [7, 11) is 0. The number of hydrogen-bond donors (Lipinski definition) is 1. The number of amides is 2. The Hall–Kier alpha value is -2.96. The van der Waals surface area contributed by atoms with E-state index >= 15 is 0 Å². The van der Waals surface area contributed by atoms with Crippen LogP contribution in [0.3, 0.4) is 0 Å². The molecule has 1 N–H and O–H groups in total. The normalized spacial score (nSPS) is 14.5. The second-order valence-corrected chi connectivity index (χ2v) is 7.02. The Morgan fingerprint density at radius 3 is 2.48 bits per heavy atom. The van der Waals surface area contributed by atoms with Gasteiger partial charge in [-0.05, 0) is 43.5 Å². The lowest BCUT2D eigenvalue weighted by atomic mass is 10.0. The van der Waals surface area contributed by atoms with Gasteiger partial charge < -0.3 is 15.0 Å². The summed E-state index contributed by atoms with van der Waals surface area (Å²) in [6.45, 7) is 1.29. The number of ether oxygens (including phenoxy) is 1. The fraction of sp³-hybridized carbons (Fsp3) is 0.364. The van der Waals surface area contributed by atoms with Gasteiger partial charge in [-0.15, -0.1) is 0 Å². The van der Waals surface area contributed by atoms with Crippen LogP contribution in [-0.4, -0.2) is 42.5 Å². The van der Waals surface area contributed by atoms with Crippen LogP contribution < -0.4 is 10.1 Å². The molecule has 0 bridgehead atoms. The highest BCUT2D eigenvalue weighted by Crippen LogP contribution is 2.17. The summed E-state index contributed by atoms with van der Waals surface area (Å²) in [5.41, 5.74) is -0.132. The van der Waals surface area contributed by atoms with E-state index in [0.717, 1.165) is 11.8 Å². The third-order valence-electron chi connectivity index (χ3n) is 4.87. The van der Waals surface area contributed by atoms with E-state index in [1.165, 1.54) is 11.0 Å². The number of hydrogen-bond acceptors (Lipinski definition) is 3. The van der Waals surface area contributed by atoms with E-state index in [1.54, 1.807) is 0 Å². The Kier molecular flexibility index (Phi) is 7.16. The van der Waals surface area contributed by atoms with Crippen LogP contribution in [-0.2, 0) is 4.79 Å². The molecule has 0 radical (unpaired) electrons. The van der Waals surface area contributed by atoms with Gasteiger partial charge >= 0.3 is 0 Å². The predicted molar refractivity (Wildman–Crippen MR) is 105 cm³/mol. The van der Waals surface area contributed by atoms with Crippen molar-refractivity contribution in [1.29, 1.82) is 0 Å². The Bertz CT molecular complexity index is 837. The lowest BCUT2D eigenvalue weighted by molar-refractivity contribution is -0.122. The molecule has 2 aromatic carbocycles. The van der Waals surface area contributed by atoms with Gasteiger partial charge in [0.25, 0.3) is 5.91 Å². The van der Waals surface area contributed by atoms with Crippen molar-refractivity contribution in [2.75, 3.05) is 19.7 Å². The zero-order chi connectivity index (χ0) is 20.6. The standard InChI is InChI=1S/C22H24F2N2O3/c23-16-8-9-19(20(24)15-16)22(28)26-12-10-17(11-13-26)25-21(27)7-4-14-29-18-5-2-1-3-6-18/h1-3,5-6,8-9,15,17H,4,7,10-14H2,(H,25,27). The predicted octanol–water partition coefficient (Wildman–Crippen LogP) is 3.54. The summed E-state index contributed by atoms with van der Waals surface area (Å²) in [5, 5.41) is 2.98. The Morgan fingerprint density at radius 2 is 1.79 bits per heavy atom. The number of halogens is 2. The zero-order valence-corrected chi connectivity index (χ0v) is 16.1. The molecule has 0 spiro atoms. The molecule has 1 saturated heterocycles. The second-order valence-electron chi connectivity index (χ2n) is 7.02. The molecule has 0 unspecified atom stereocenters. The largest absolute Gasteiger partial charge is 0.494 e. The lowest BCUT2D eigenvalue weighted by Gasteiger charge is -2.32. The zero-order valence-electron chi connectivity index (χ0n) is 16.1. The first-order chi connectivity index (χ1) is 14.0. The van der Waals surface area contributed by atoms with Crippen LogP contribution in [0.1, 0.15) is 36.0 Å². The first-order valence-corrected chi connectivity index (χ1v) is 9.74. The van der Waals surface area contributed by atoms with Gasteiger partial charge in [-0.1, -0.05) is 18.2 Å². The molecule has 3 rings (SSSR count). The van der Waals surface area contributed by atoms with Gasteiger partial charge in [0.15, 0.2) is 0 Å². The number of piperidine rings is 1. The van der Waals surface area contributed by atoms with Crippen LogP contribution in [0.5, 0.6) is 5.75 Å². The fourth-order valence-electron chi connectivity index (χ4n) is 3.30. The van der Waals surface area contributed by atoms with Crippen LogP contribution in [0, 0.1) is 11.6 Å². The topological polar surface area (TPSA) is 58.6 Å². The molecule has 0 saturated carbocycles. The van der Waals surface area contributed by atoms with E-state index in [0.29, 0.717) is 51.4 Å². The highest BCUT2D eigenvalue weighted by Gasteiger charge is 2.26. The van der Waals surface area contributed by atoms with Crippen molar-refractivity contribution in [3.63, 3.8) is 0 Å². The lowest BCUT2D eigenvalue weighted by Crippen LogP contribution is -2.46. The SMILES string of the molecule is O=C(CCCOc1ccccc1)NC1CCN(C(=O)c2ccc(F)cc2F)CC1. The molecular weight excluding hydrogens is 378 g/mol. The number of nitrogens with zero attached hydrogens (tertiary/aromatic N) is 1. The van der Waals surface area contributed by atoms with Crippen molar-refractivity contribution in [3.05, 3.63) is 65.7 Å². The number of rotatable bonds is 7. The summed E-state index contributed by atoms with van der Waals surface area (Å²) in [6, 6.07) is 12.4. The van der Waals surface area contributed by atoms with E-state index in [2.05, 4.69) is 5.32 Å². The molecule has 154 valence electrons. The quantitative estimate of drug-likeness (QED) is 0.721. The number of nitrogens with one attached hydrogen (secondary N) is 1. The third-order valence-corrected chi connectivity index (χ3v) is 4.87. The maximum absolute atomic E-state index is 13.8. The van der Waals surface area contributed by atoms with Gasteiger partial charge in [0.05, 0.1) is 12.2 Å².